The van der Waals surface area contributed by atoms with E-state index in [0.717, 1.165) is 25.3 Å². The molecular weight excluding hydrogens is 409 g/mol. The van der Waals surface area contributed by atoms with Crippen molar-refractivity contribution in [1.29, 1.82) is 0 Å². The van der Waals surface area contributed by atoms with Crippen LogP contribution >= 0.6 is 0 Å². The Bertz CT molecular complexity index is 1170. The molecule has 1 amide bonds. The molecule has 1 aromatic carbocycles. The first kappa shape index (κ1) is 21.4. The quantitative estimate of drug-likeness (QED) is 0.616. The summed E-state index contributed by atoms with van der Waals surface area (Å²) in [5, 5.41) is 2.02. The fraction of sp³-hybridized carbons (Fsp3) is 0.250. The number of aromatic nitrogens is 2. The minimum Gasteiger partial charge on any atom is -0.349 e. The predicted molar refractivity (Wildman–Crippen MR) is 98.7 cm³/mol. The number of nitrogens with one attached hydrogen (secondary N) is 2. The molecule has 2 heterocycles. The molecule has 3 rings (SSSR count). The second-order valence-corrected chi connectivity index (χ2v) is 6.78. The van der Waals surface area contributed by atoms with Gasteiger partial charge < -0.3 is 10.3 Å². The largest absolute Gasteiger partial charge is 0.417 e. The predicted octanol–water partition coefficient (Wildman–Crippen LogP) is 4.20. The van der Waals surface area contributed by atoms with E-state index in [-0.39, 0.29) is 16.5 Å². The molecule has 0 aliphatic carbocycles. The Hall–Kier alpha value is -3.30. The summed E-state index contributed by atoms with van der Waals surface area (Å²) < 4.78 is 68.4. The molecule has 0 unspecified atom stereocenters. The van der Waals surface area contributed by atoms with E-state index >= 15 is 0 Å². The maximum absolute atomic E-state index is 13.9. The highest BCUT2D eigenvalue weighted by Gasteiger charge is 2.40. The maximum atomic E-state index is 13.9. The lowest BCUT2D eigenvalue weighted by atomic mass is 9.93. The highest BCUT2D eigenvalue weighted by Crippen LogP contribution is 2.38. The van der Waals surface area contributed by atoms with E-state index in [1.807, 2.05) is 0 Å². The second-order valence-electron chi connectivity index (χ2n) is 6.78. The van der Waals surface area contributed by atoms with Gasteiger partial charge in [0.15, 0.2) is 0 Å². The van der Waals surface area contributed by atoms with Crippen LogP contribution in [-0.4, -0.2) is 15.9 Å². The van der Waals surface area contributed by atoms with Gasteiger partial charge in [0.1, 0.15) is 11.6 Å². The summed E-state index contributed by atoms with van der Waals surface area (Å²) in [6, 6.07) is 2.99. The van der Waals surface area contributed by atoms with Crippen molar-refractivity contribution in [2.24, 2.45) is 0 Å². The summed E-state index contributed by atoms with van der Waals surface area (Å²) in [5.74, 6) is -4.17. The number of benzene rings is 1. The van der Waals surface area contributed by atoms with E-state index in [0.29, 0.717) is 6.07 Å². The fourth-order valence-corrected chi connectivity index (χ4v) is 3.27. The van der Waals surface area contributed by atoms with Crippen LogP contribution in [-0.2, 0) is 11.0 Å². The Morgan fingerprint density at radius 2 is 1.87 bits per heavy atom. The van der Waals surface area contributed by atoms with Crippen molar-refractivity contribution in [2.75, 3.05) is 0 Å². The van der Waals surface area contributed by atoms with Gasteiger partial charge in [0.25, 0.3) is 5.56 Å². The van der Waals surface area contributed by atoms with Crippen LogP contribution in [0.3, 0.4) is 0 Å². The van der Waals surface area contributed by atoms with E-state index in [1.54, 1.807) is 0 Å². The number of halogens is 5. The van der Waals surface area contributed by atoms with Crippen molar-refractivity contribution in [1.82, 2.24) is 15.3 Å². The summed E-state index contributed by atoms with van der Waals surface area (Å²) in [7, 11) is 0. The van der Waals surface area contributed by atoms with E-state index in [4.69, 9.17) is 0 Å². The van der Waals surface area contributed by atoms with Crippen LogP contribution < -0.4 is 10.9 Å². The highest BCUT2D eigenvalue weighted by atomic mass is 19.4. The molecule has 0 bridgehead atoms. The number of alkyl halides is 3. The van der Waals surface area contributed by atoms with Crippen molar-refractivity contribution in [3.8, 4) is 0 Å². The van der Waals surface area contributed by atoms with Gasteiger partial charge in [-0.1, -0.05) is 6.07 Å². The Morgan fingerprint density at radius 3 is 2.50 bits per heavy atom. The zero-order chi connectivity index (χ0) is 22.2. The standard InChI is InChI=1S/C20H16F5N3O2/c1-9(18(29)27-10(2)12-4-3-11(21)7-14(12)22)16-17(20(23,24)25)13-8-26-6-5-15(13)28-19(16)30/h3-10H,1-2H3,(H,27,29)(H,28,30)/t9-,10-/m0/s1. The first-order valence-electron chi connectivity index (χ1n) is 8.83. The number of pyridine rings is 2. The molecule has 0 aliphatic heterocycles. The number of carbonyl (C=O) groups excluding carboxylic acids is 1. The first-order chi connectivity index (χ1) is 14.0. The molecule has 5 nitrogen and oxygen atoms in total. The molecule has 0 saturated heterocycles. The van der Waals surface area contributed by atoms with E-state index < -0.39 is 52.4 Å². The Balaban J connectivity index is 2.02. The number of carbonyl (C=O) groups is 1. The highest BCUT2D eigenvalue weighted by molar-refractivity contribution is 5.88. The molecule has 0 saturated carbocycles. The summed E-state index contributed by atoms with van der Waals surface area (Å²) in [6.45, 7) is 2.53. The minimum absolute atomic E-state index is 0.0513. The van der Waals surface area contributed by atoms with Gasteiger partial charge in [-0.15, -0.1) is 0 Å². The molecule has 2 N–H and O–H groups in total. The lowest BCUT2D eigenvalue weighted by Crippen LogP contribution is -2.35. The lowest BCUT2D eigenvalue weighted by molar-refractivity contribution is -0.137. The van der Waals surface area contributed by atoms with Crippen molar-refractivity contribution in [2.45, 2.75) is 32.0 Å². The summed E-state index contributed by atoms with van der Waals surface area (Å²) in [6.07, 6.45) is -2.74. The normalized spacial score (nSPS) is 13.8. The first-order valence-corrected chi connectivity index (χ1v) is 8.83. The summed E-state index contributed by atoms with van der Waals surface area (Å²) in [4.78, 5) is 31.1. The number of aromatic amines is 1. The lowest BCUT2D eigenvalue weighted by Gasteiger charge is -2.21. The number of H-pyrrole nitrogens is 1. The Kier molecular flexibility index (Phi) is 5.60. The van der Waals surface area contributed by atoms with E-state index in [2.05, 4.69) is 15.3 Å². The minimum atomic E-state index is -4.92. The third-order valence-electron chi connectivity index (χ3n) is 4.75. The average molecular weight is 425 g/mol. The Labute approximate surface area is 166 Å². The van der Waals surface area contributed by atoms with Crippen LogP contribution in [0.15, 0.2) is 41.5 Å². The van der Waals surface area contributed by atoms with Crippen LogP contribution in [0.25, 0.3) is 10.9 Å². The van der Waals surface area contributed by atoms with Crippen molar-refractivity contribution >= 4 is 16.8 Å². The van der Waals surface area contributed by atoms with Gasteiger partial charge >= 0.3 is 6.18 Å². The third kappa shape index (κ3) is 4.03. The monoisotopic (exact) mass is 425 g/mol. The molecule has 30 heavy (non-hydrogen) atoms. The maximum Gasteiger partial charge on any atom is 0.417 e. The van der Waals surface area contributed by atoms with E-state index in [9.17, 15) is 31.5 Å². The smallest absolute Gasteiger partial charge is 0.349 e. The number of rotatable bonds is 4. The Morgan fingerprint density at radius 1 is 1.17 bits per heavy atom. The summed E-state index contributed by atoms with van der Waals surface area (Å²) in [5.41, 5.74) is -3.21. The molecule has 0 aliphatic rings. The number of hydrogen-bond acceptors (Lipinski definition) is 3. The van der Waals surface area contributed by atoms with Crippen molar-refractivity contribution in [3.05, 3.63) is 75.3 Å². The van der Waals surface area contributed by atoms with Crippen molar-refractivity contribution < 1.29 is 26.7 Å². The second kappa shape index (κ2) is 7.85. The van der Waals surface area contributed by atoms with Crippen molar-refractivity contribution in [3.63, 3.8) is 0 Å². The van der Waals surface area contributed by atoms with Gasteiger partial charge in [0.2, 0.25) is 5.91 Å². The van der Waals surface area contributed by atoms with Crippen LogP contribution in [0.1, 0.15) is 42.5 Å². The average Bonchev–Trinajstić information content (AvgIpc) is 2.65. The van der Waals surface area contributed by atoms with Crippen LogP contribution in [0.2, 0.25) is 0 Å². The van der Waals surface area contributed by atoms with Crippen LogP contribution in [0.5, 0.6) is 0 Å². The van der Waals surface area contributed by atoms with Gasteiger partial charge in [0, 0.05) is 35.0 Å². The molecule has 2 atom stereocenters. The molecule has 0 radical (unpaired) electrons. The van der Waals surface area contributed by atoms with Gasteiger partial charge in [-0.2, -0.15) is 13.2 Å². The molecule has 2 aromatic heterocycles. The van der Waals surface area contributed by atoms with Gasteiger partial charge in [-0.05, 0) is 26.0 Å². The van der Waals surface area contributed by atoms with Gasteiger partial charge in [0.05, 0.1) is 23.0 Å². The third-order valence-corrected chi connectivity index (χ3v) is 4.75. The molecule has 0 spiro atoms. The topological polar surface area (TPSA) is 74.8 Å². The number of fused-ring (bicyclic) bond motifs is 1. The zero-order valence-electron chi connectivity index (χ0n) is 15.8. The van der Waals surface area contributed by atoms with Crippen LogP contribution in [0, 0.1) is 11.6 Å². The molecular formula is C20H16F5N3O2. The van der Waals surface area contributed by atoms with Gasteiger partial charge in [-0.25, -0.2) is 8.78 Å². The number of amides is 1. The fourth-order valence-electron chi connectivity index (χ4n) is 3.27. The molecule has 3 aromatic rings. The SMILES string of the molecule is C[C@H](NC(=O)[C@@H](C)c1c(C(F)(F)F)c2cnccc2[nH]c1=O)c1ccc(F)cc1F. The van der Waals surface area contributed by atoms with E-state index in [1.165, 1.54) is 19.2 Å². The number of hydrogen-bond donors (Lipinski definition) is 2. The van der Waals surface area contributed by atoms with Crippen LogP contribution in [0.4, 0.5) is 22.0 Å². The number of nitrogens with zero attached hydrogens (tertiary/aromatic N) is 1. The zero-order valence-corrected chi connectivity index (χ0v) is 15.8. The van der Waals surface area contributed by atoms with Gasteiger partial charge in [-0.3, -0.25) is 14.6 Å². The molecule has 158 valence electrons. The summed E-state index contributed by atoms with van der Waals surface area (Å²) >= 11 is 0. The molecule has 0 fully saturated rings. The molecule has 10 heteroatoms.